The van der Waals surface area contributed by atoms with Gasteiger partial charge in [0.1, 0.15) is 12.4 Å². The SMILES string of the molecule is Cc1cccc(NC(=O)Cn2c(=O)n(CCCCC(=O)Nc3ccc(F)cc3)c(=O)c3ccccc32)c1C. The summed E-state index contributed by atoms with van der Waals surface area (Å²) in [7, 11) is 0. The number of benzene rings is 3. The predicted molar refractivity (Wildman–Crippen MR) is 146 cm³/mol. The molecule has 0 saturated carbocycles. The maximum atomic E-state index is 13.3. The van der Waals surface area contributed by atoms with E-state index in [9.17, 15) is 23.6 Å². The van der Waals surface area contributed by atoms with Gasteiger partial charge in [0.15, 0.2) is 0 Å². The zero-order valence-corrected chi connectivity index (χ0v) is 21.3. The minimum Gasteiger partial charge on any atom is -0.326 e. The van der Waals surface area contributed by atoms with Crippen molar-refractivity contribution in [3.8, 4) is 0 Å². The van der Waals surface area contributed by atoms with E-state index in [0.29, 0.717) is 35.1 Å². The maximum Gasteiger partial charge on any atom is 0.331 e. The van der Waals surface area contributed by atoms with Crippen molar-refractivity contribution in [2.45, 2.75) is 46.2 Å². The molecule has 0 saturated heterocycles. The molecule has 0 aliphatic carbocycles. The number of carbonyl (C=O) groups excluding carboxylic acids is 2. The van der Waals surface area contributed by atoms with Crippen LogP contribution in [0.1, 0.15) is 30.4 Å². The number of aryl methyl sites for hydroxylation is 1. The first-order valence-corrected chi connectivity index (χ1v) is 12.4. The van der Waals surface area contributed by atoms with E-state index in [1.165, 1.54) is 28.8 Å². The van der Waals surface area contributed by atoms with Gasteiger partial charge >= 0.3 is 5.69 Å². The summed E-state index contributed by atoms with van der Waals surface area (Å²) in [4.78, 5) is 51.6. The Kier molecular flexibility index (Phi) is 8.15. The third kappa shape index (κ3) is 6.05. The molecular weight excluding hydrogens is 487 g/mol. The Balaban J connectivity index is 1.48. The molecular formula is C29H29FN4O4. The largest absolute Gasteiger partial charge is 0.331 e. The van der Waals surface area contributed by atoms with E-state index in [4.69, 9.17) is 0 Å². The molecule has 1 heterocycles. The van der Waals surface area contributed by atoms with Gasteiger partial charge in [-0.1, -0.05) is 24.3 Å². The van der Waals surface area contributed by atoms with Crippen LogP contribution in [0, 0.1) is 19.7 Å². The van der Waals surface area contributed by atoms with Crippen LogP contribution in [0.25, 0.3) is 10.9 Å². The fourth-order valence-corrected chi connectivity index (χ4v) is 4.25. The van der Waals surface area contributed by atoms with Crippen molar-refractivity contribution in [1.82, 2.24) is 9.13 Å². The zero-order chi connectivity index (χ0) is 27.2. The van der Waals surface area contributed by atoms with Gasteiger partial charge in [-0.25, -0.2) is 9.18 Å². The van der Waals surface area contributed by atoms with Gasteiger partial charge in [-0.05, 0) is 80.3 Å². The average Bonchev–Trinajstić information content (AvgIpc) is 2.90. The Labute approximate surface area is 218 Å². The van der Waals surface area contributed by atoms with Gasteiger partial charge in [-0.3, -0.25) is 23.5 Å². The van der Waals surface area contributed by atoms with E-state index in [-0.39, 0.29) is 31.3 Å². The Bertz CT molecular complexity index is 1610. The van der Waals surface area contributed by atoms with Crippen LogP contribution in [-0.2, 0) is 22.7 Å². The van der Waals surface area contributed by atoms with Crippen molar-refractivity contribution in [2.75, 3.05) is 10.6 Å². The highest BCUT2D eigenvalue weighted by Gasteiger charge is 2.16. The highest BCUT2D eigenvalue weighted by molar-refractivity contribution is 5.92. The van der Waals surface area contributed by atoms with E-state index in [1.54, 1.807) is 30.3 Å². The maximum absolute atomic E-state index is 13.3. The first-order valence-electron chi connectivity index (χ1n) is 12.4. The fraction of sp³-hybridized carbons (Fsp3) is 0.241. The standard InChI is InChI=1S/C29H29FN4O4/c1-19-8-7-10-24(20(19)2)32-27(36)18-34-25-11-4-3-9-23(25)28(37)33(29(34)38)17-6-5-12-26(35)31-22-15-13-21(30)14-16-22/h3-4,7-11,13-16H,5-6,12,17-18H2,1-2H3,(H,31,35)(H,32,36). The minimum atomic E-state index is -0.583. The summed E-state index contributed by atoms with van der Waals surface area (Å²) in [5, 5.41) is 5.88. The number of unbranched alkanes of at least 4 members (excludes halogenated alkanes) is 1. The molecule has 196 valence electrons. The molecule has 4 aromatic rings. The molecule has 0 radical (unpaired) electrons. The van der Waals surface area contributed by atoms with Crippen molar-refractivity contribution < 1.29 is 14.0 Å². The number of aromatic nitrogens is 2. The number of hydrogen-bond donors (Lipinski definition) is 2. The van der Waals surface area contributed by atoms with Crippen LogP contribution < -0.4 is 21.9 Å². The lowest BCUT2D eigenvalue weighted by Crippen LogP contribution is -2.41. The number of para-hydroxylation sites is 1. The van der Waals surface area contributed by atoms with Crippen molar-refractivity contribution in [3.63, 3.8) is 0 Å². The van der Waals surface area contributed by atoms with Gasteiger partial charge < -0.3 is 10.6 Å². The van der Waals surface area contributed by atoms with Crippen LogP contribution in [0.3, 0.4) is 0 Å². The third-order valence-corrected chi connectivity index (χ3v) is 6.48. The van der Waals surface area contributed by atoms with Crippen LogP contribution in [-0.4, -0.2) is 20.9 Å². The lowest BCUT2D eigenvalue weighted by molar-refractivity contribution is -0.117. The average molecular weight is 517 g/mol. The van der Waals surface area contributed by atoms with E-state index in [0.717, 1.165) is 15.7 Å². The molecule has 8 nitrogen and oxygen atoms in total. The lowest BCUT2D eigenvalue weighted by Gasteiger charge is -2.15. The summed E-state index contributed by atoms with van der Waals surface area (Å²) in [6, 6.07) is 17.8. The summed E-state index contributed by atoms with van der Waals surface area (Å²) in [5.41, 5.74) is 2.49. The molecule has 0 unspecified atom stereocenters. The second kappa shape index (κ2) is 11.7. The lowest BCUT2D eigenvalue weighted by atomic mass is 10.1. The number of nitrogens with one attached hydrogen (secondary N) is 2. The molecule has 3 aromatic carbocycles. The Morgan fingerprint density at radius 3 is 2.32 bits per heavy atom. The zero-order valence-electron chi connectivity index (χ0n) is 21.3. The molecule has 1 aromatic heterocycles. The molecule has 0 atom stereocenters. The Morgan fingerprint density at radius 2 is 1.55 bits per heavy atom. The molecule has 0 fully saturated rings. The van der Waals surface area contributed by atoms with Gasteiger partial charge in [-0.15, -0.1) is 0 Å². The summed E-state index contributed by atoms with van der Waals surface area (Å²) in [5.74, 6) is -1.02. The highest BCUT2D eigenvalue weighted by atomic mass is 19.1. The molecule has 0 spiro atoms. The van der Waals surface area contributed by atoms with Crippen molar-refractivity contribution >= 4 is 34.1 Å². The van der Waals surface area contributed by atoms with Gasteiger partial charge in [-0.2, -0.15) is 0 Å². The number of rotatable bonds is 9. The van der Waals surface area contributed by atoms with Crippen molar-refractivity contribution in [2.24, 2.45) is 0 Å². The van der Waals surface area contributed by atoms with Gasteiger partial charge in [0.2, 0.25) is 11.8 Å². The third-order valence-electron chi connectivity index (χ3n) is 6.48. The number of halogens is 1. The molecule has 9 heteroatoms. The Hall–Kier alpha value is -4.53. The van der Waals surface area contributed by atoms with E-state index >= 15 is 0 Å². The smallest absolute Gasteiger partial charge is 0.326 e. The molecule has 2 amide bonds. The molecule has 2 N–H and O–H groups in total. The fourth-order valence-electron chi connectivity index (χ4n) is 4.25. The second-order valence-corrected chi connectivity index (χ2v) is 9.15. The minimum absolute atomic E-state index is 0.102. The van der Waals surface area contributed by atoms with Crippen molar-refractivity contribution in [1.29, 1.82) is 0 Å². The number of amides is 2. The summed E-state index contributed by atoms with van der Waals surface area (Å²) < 4.78 is 15.5. The summed E-state index contributed by atoms with van der Waals surface area (Å²) >= 11 is 0. The molecule has 4 rings (SSSR count). The van der Waals surface area contributed by atoms with Gasteiger partial charge in [0, 0.05) is 24.3 Å². The van der Waals surface area contributed by atoms with Crippen LogP contribution in [0.15, 0.2) is 76.3 Å². The molecule has 0 aliphatic rings. The van der Waals surface area contributed by atoms with Crippen LogP contribution in [0.4, 0.5) is 15.8 Å². The van der Waals surface area contributed by atoms with Gasteiger partial charge in [0.05, 0.1) is 10.9 Å². The van der Waals surface area contributed by atoms with Crippen molar-refractivity contribution in [3.05, 3.63) is 105 Å². The van der Waals surface area contributed by atoms with E-state index in [2.05, 4.69) is 10.6 Å². The number of hydrogen-bond acceptors (Lipinski definition) is 4. The second-order valence-electron chi connectivity index (χ2n) is 9.15. The number of fused-ring (bicyclic) bond motifs is 1. The summed E-state index contributed by atoms with van der Waals surface area (Å²) in [6.45, 7) is 3.70. The highest BCUT2D eigenvalue weighted by Crippen LogP contribution is 2.18. The topological polar surface area (TPSA) is 102 Å². The van der Waals surface area contributed by atoms with Crippen LogP contribution in [0.5, 0.6) is 0 Å². The van der Waals surface area contributed by atoms with Crippen LogP contribution in [0.2, 0.25) is 0 Å². The van der Waals surface area contributed by atoms with E-state index < -0.39 is 17.1 Å². The quantitative estimate of drug-likeness (QED) is 0.323. The number of nitrogens with zero attached hydrogens (tertiary/aromatic N) is 2. The summed E-state index contributed by atoms with van der Waals surface area (Å²) in [6.07, 6.45) is 1.00. The first-order chi connectivity index (χ1) is 18.2. The monoisotopic (exact) mass is 516 g/mol. The normalized spacial score (nSPS) is 10.9. The predicted octanol–water partition coefficient (Wildman–Crippen LogP) is 4.37. The molecule has 0 aliphatic heterocycles. The number of carbonyl (C=O) groups is 2. The van der Waals surface area contributed by atoms with E-state index in [1.807, 2.05) is 26.0 Å². The Morgan fingerprint density at radius 1 is 0.816 bits per heavy atom. The molecule has 38 heavy (non-hydrogen) atoms. The van der Waals surface area contributed by atoms with Crippen LogP contribution >= 0.6 is 0 Å². The van der Waals surface area contributed by atoms with Gasteiger partial charge in [0.25, 0.3) is 5.56 Å². The molecule has 0 bridgehead atoms. The first kappa shape index (κ1) is 26.5. The number of anilines is 2.